The second kappa shape index (κ2) is 6.39. The standard InChI is InChI=1S/C11H23NO/c1-2-3-4-11-5-7-12(8-6-11)9-10-13/h11,13H,2-10H2,1H3. The largest absolute Gasteiger partial charge is 0.395 e. The highest BCUT2D eigenvalue weighted by Crippen LogP contribution is 2.21. The van der Waals surface area contributed by atoms with Crippen molar-refractivity contribution in [3.63, 3.8) is 0 Å². The number of hydrogen-bond donors (Lipinski definition) is 1. The average molecular weight is 185 g/mol. The molecular weight excluding hydrogens is 162 g/mol. The maximum atomic E-state index is 8.78. The molecule has 0 unspecified atom stereocenters. The molecule has 0 aromatic heterocycles. The SMILES string of the molecule is CCCCC1CCN(CCO)CC1. The smallest absolute Gasteiger partial charge is 0.0558 e. The van der Waals surface area contributed by atoms with Gasteiger partial charge >= 0.3 is 0 Å². The number of aliphatic hydroxyl groups is 1. The molecule has 0 saturated carbocycles. The Balaban J connectivity index is 2.08. The second-order valence-corrected chi connectivity index (χ2v) is 4.15. The van der Waals surface area contributed by atoms with Gasteiger partial charge in [0.15, 0.2) is 0 Å². The molecule has 0 bridgehead atoms. The number of hydrogen-bond acceptors (Lipinski definition) is 2. The predicted molar refractivity (Wildman–Crippen MR) is 55.8 cm³/mol. The van der Waals surface area contributed by atoms with E-state index in [1.54, 1.807) is 0 Å². The van der Waals surface area contributed by atoms with Gasteiger partial charge in [-0.1, -0.05) is 26.2 Å². The fraction of sp³-hybridized carbons (Fsp3) is 1.00. The zero-order valence-corrected chi connectivity index (χ0v) is 8.84. The zero-order valence-electron chi connectivity index (χ0n) is 8.84. The molecule has 0 aromatic rings. The second-order valence-electron chi connectivity index (χ2n) is 4.15. The van der Waals surface area contributed by atoms with Crippen LogP contribution in [0, 0.1) is 5.92 Å². The van der Waals surface area contributed by atoms with E-state index in [1.165, 1.54) is 45.2 Å². The van der Waals surface area contributed by atoms with Crippen LogP contribution in [-0.4, -0.2) is 36.2 Å². The summed E-state index contributed by atoms with van der Waals surface area (Å²) in [6, 6.07) is 0. The number of piperidine rings is 1. The number of nitrogens with zero attached hydrogens (tertiary/aromatic N) is 1. The normalized spacial score (nSPS) is 20.8. The Bertz CT molecular complexity index is 119. The fourth-order valence-electron chi connectivity index (χ4n) is 2.13. The van der Waals surface area contributed by atoms with E-state index in [0.29, 0.717) is 6.61 Å². The quantitative estimate of drug-likeness (QED) is 0.707. The molecule has 78 valence electrons. The molecule has 2 heteroatoms. The molecule has 0 aliphatic carbocycles. The Morgan fingerprint density at radius 3 is 2.54 bits per heavy atom. The maximum absolute atomic E-state index is 8.78. The highest BCUT2D eigenvalue weighted by Gasteiger charge is 2.17. The van der Waals surface area contributed by atoms with Gasteiger partial charge < -0.3 is 10.0 Å². The van der Waals surface area contributed by atoms with Crippen LogP contribution >= 0.6 is 0 Å². The number of unbranched alkanes of at least 4 members (excludes halogenated alkanes) is 1. The van der Waals surface area contributed by atoms with E-state index in [9.17, 15) is 0 Å². The number of rotatable bonds is 5. The number of aliphatic hydroxyl groups excluding tert-OH is 1. The van der Waals surface area contributed by atoms with E-state index >= 15 is 0 Å². The summed E-state index contributed by atoms with van der Waals surface area (Å²) in [5, 5.41) is 8.78. The first-order valence-electron chi connectivity index (χ1n) is 5.70. The molecule has 1 fully saturated rings. The maximum Gasteiger partial charge on any atom is 0.0558 e. The van der Waals surface area contributed by atoms with Gasteiger partial charge in [0, 0.05) is 6.54 Å². The first kappa shape index (κ1) is 11.0. The summed E-state index contributed by atoms with van der Waals surface area (Å²) in [6.07, 6.45) is 6.84. The lowest BCUT2D eigenvalue weighted by atomic mass is 9.92. The topological polar surface area (TPSA) is 23.5 Å². The van der Waals surface area contributed by atoms with Crippen LogP contribution in [0.2, 0.25) is 0 Å². The van der Waals surface area contributed by atoms with Crippen molar-refractivity contribution in [2.75, 3.05) is 26.2 Å². The Morgan fingerprint density at radius 2 is 2.00 bits per heavy atom. The summed E-state index contributed by atoms with van der Waals surface area (Å²) in [6.45, 7) is 5.87. The van der Waals surface area contributed by atoms with Crippen LogP contribution in [0.25, 0.3) is 0 Å². The molecule has 1 saturated heterocycles. The van der Waals surface area contributed by atoms with Crippen molar-refractivity contribution in [2.24, 2.45) is 5.92 Å². The summed E-state index contributed by atoms with van der Waals surface area (Å²) in [5.74, 6) is 0.967. The first-order chi connectivity index (χ1) is 6.36. The van der Waals surface area contributed by atoms with E-state index in [2.05, 4.69) is 11.8 Å². The van der Waals surface area contributed by atoms with Gasteiger partial charge in [-0.2, -0.15) is 0 Å². The zero-order chi connectivity index (χ0) is 9.52. The lowest BCUT2D eigenvalue weighted by Crippen LogP contribution is -2.35. The van der Waals surface area contributed by atoms with Crippen molar-refractivity contribution in [1.82, 2.24) is 4.90 Å². The molecule has 1 rings (SSSR count). The summed E-state index contributed by atoms with van der Waals surface area (Å²) in [5.41, 5.74) is 0. The van der Waals surface area contributed by atoms with Crippen molar-refractivity contribution < 1.29 is 5.11 Å². The fourth-order valence-corrected chi connectivity index (χ4v) is 2.13. The molecule has 1 aliphatic heterocycles. The van der Waals surface area contributed by atoms with Crippen LogP contribution in [0.5, 0.6) is 0 Å². The molecule has 1 heterocycles. The van der Waals surface area contributed by atoms with Gasteiger partial charge in [0.1, 0.15) is 0 Å². The summed E-state index contributed by atoms with van der Waals surface area (Å²) < 4.78 is 0. The van der Waals surface area contributed by atoms with Gasteiger partial charge in [0.2, 0.25) is 0 Å². The monoisotopic (exact) mass is 185 g/mol. The van der Waals surface area contributed by atoms with Gasteiger partial charge in [-0.15, -0.1) is 0 Å². The van der Waals surface area contributed by atoms with Gasteiger partial charge in [0.05, 0.1) is 6.61 Å². The molecular formula is C11H23NO. The Labute approximate surface area is 81.9 Å². The molecule has 0 aromatic carbocycles. The third-order valence-electron chi connectivity index (χ3n) is 3.09. The van der Waals surface area contributed by atoms with E-state index in [0.717, 1.165) is 12.5 Å². The molecule has 0 amide bonds. The van der Waals surface area contributed by atoms with Crippen LogP contribution < -0.4 is 0 Å². The van der Waals surface area contributed by atoms with E-state index in [1.807, 2.05) is 0 Å². The molecule has 0 atom stereocenters. The highest BCUT2D eigenvalue weighted by molar-refractivity contribution is 4.71. The van der Waals surface area contributed by atoms with Crippen molar-refractivity contribution in [3.05, 3.63) is 0 Å². The lowest BCUT2D eigenvalue weighted by Gasteiger charge is -2.31. The highest BCUT2D eigenvalue weighted by atomic mass is 16.3. The Hall–Kier alpha value is -0.0800. The third kappa shape index (κ3) is 4.10. The molecule has 1 N–H and O–H groups in total. The minimum absolute atomic E-state index is 0.319. The minimum atomic E-state index is 0.319. The summed E-state index contributed by atoms with van der Waals surface area (Å²) in [4.78, 5) is 2.38. The minimum Gasteiger partial charge on any atom is -0.395 e. The van der Waals surface area contributed by atoms with Gasteiger partial charge in [-0.05, 0) is 31.8 Å². The predicted octanol–water partition coefficient (Wildman–Crippen LogP) is 1.88. The lowest BCUT2D eigenvalue weighted by molar-refractivity contribution is 0.143. The van der Waals surface area contributed by atoms with Crippen LogP contribution in [0.15, 0.2) is 0 Å². The van der Waals surface area contributed by atoms with Crippen LogP contribution in [0.1, 0.15) is 39.0 Å². The van der Waals surface area contributed by atoms with Crippen molar-refractivity contribution in [2.45, 2.75) is 39.0 Å². The Kier molecular flexibility index (Phi) is 5.40. The molecule has 2 nitrogen and oxygen atoms in total. The number of β-amino-alcohol motifs (C(OH)–C–C–N with tert-alkyl or cyclic N) is 1. The molecule has 1 aliphatic rings. The van der Waals surface area contributed by atoms with Crippen LogP contribution in [-0.2, 0) is 0 Å². The van der Waals surface area contributed by atoms with E-state index in [4.69, 9.17) is 5.11 Å². The average Bonchev–Trinajstić information content (AvgIpc) is 2.17. The van der Waals surface area contributed by atoms with Crippen molar-refractivity contribution in [1.29, 1.82) is 0 Å². The van der Waals surface area contributed by atoms with Crippen LogP contribution in [0.3, 0.4) is 0 Å². The van der Waals surface area contributed by atoms with Gasteiger partial charge in [0.25, 0.3) is 0 Å². The Morgan fingerprint density at radius 1 is 1.31 bits per heavy atom. The third-order valence-corrected chi connectivity index (χ3v) is 3.09. The molecule has 0 radical (unpaired) electrons. The summed E-state index contributed by atoms with van der Waals surface area (Å²) in [7, 11) is 0. The number of likely N-dealkylation sites (tertiary alicyclic amines) is 1. The van der Waals surface area contributed by atoms with E-state index < -0.39 is 0 Å². The first-order valence-corrected chi connectivity index (χ1v) is 5.70. The van der Waals surface area contributed by atoms with Crippen molar-refractivity contribution in [3.8, 4) is 0 Å². The molecule has 0 spiro atoms. The van der Waals surface area contributed by atoms with Crippen LogP contribution in [0.4, 0.5) is 0 Å². The summed E-state index contributed by atoms with van der Waals surface area (Å²) >= 11 is 0. The van der Waals surface area contributed by atoms with Crippen molar-refractivity contribution >= 4 is 0 Å². The van der Waals surface area contributed by atoms with Gasteiger partial charge in [-0.25, -0.2) is 0 Å². The van der Waals surface area contributed by atoms with Gasteiger partial charge in [-0.3, -0.25) is 0 Å². The molecule has 13 heavy (non-hydrogen) atoms. The van der Waals surface area contributed by atoms with E-state index in [-0.39, 0.29) is 0 Å².